The van der Waals surface area contributed by atoms with E-state index in [1.54, 1.807) is 0 Å². The minimum absolute atomic E-state index is 0.205. The van der Waals surface area contributed by atoms with Crippen molar-refractivity contribution in [2.45, 2.75) is 44.9 Å². The largest absolute Gasteiger partial charge is 0.391 e. The van der Waals surface area contributed by atoms with E-state index in [1.165, 1.54) is 0 Å². The van der Waals surface area contributed by atoms with Crippen molar-refractivity contribution in [3.8, 4) is 0 Å². The van der Waals surface area contributed by atoms with E-state index in [0.29, 0.717) is 12.0 Å². The highest BCUT2D eigenvalue weighted by Gasteiger charge is 2.33. The second-order valence-corrected chi connectivity index (χ2v) is 5.30. The van der Waals surface area contributed by atoms with Gasteiger partial charge in [0.05, 0.1) is 12.8 Å². The first kappa shape index (κ1) is 14.5. The van der Waals surface area contributed by atoms with Crippen molar-refractivity contribution in [2.24, 2.45) is 5.92 Å². The molecule has 1 aliphatic rings. The lowest BCUT2D eigenvalue weighted by atomic mass is 10.1. The van der Waals surface area contributed by atoms with Crippen LogP contribution in [0.2, 0.25) is 0 Å². The first-order valence-corrected chi connectivity index (χ1v) is 6.52. The maximum Gasteiger partial charge on any atom is 0.0696 e. The Morgan fingerprint density at radius 3 is 2.71 bits per heavy atom. The third-order valence-corrected chi connectivity index (χ3v) is 3.29. The van der Waals surface area contributed by atoms with Crippen LogP contribution in [0.3, 0.4) is 0 Å². The molecule has 17 heavy (non-hydrogen) atoms. The van der Waals surface area contributed by atoms with Gasteiger partial charge in [-0.1, -0.05) is 20.4 Å². The molecule has 0 spiro atoms. The Kier molecular flexibility index (Phi) is 5.95. The lowest BCUT2D eigenvalue weighted by Crippen LogP contribution is -2.40. The van der Waals surface area contributed by atoms with Gasteiger partial charge in [-0.15, -0.1) is 0 Å². The molecule has 3 unspecified atom stereocenters. The summed E-state index contributed by atoms with van der Waals surface area (Å²) in [6.45, 7) is 9.85. The molecule has 0 aromatic carbocycles. The predicted octanol–water partition coefficient (Wildman–Crippen LogP) is 0.746. The second-order valence-electron chi connectivity index (χ2n) is 5.30. The van der Waals surface area contributed by atoms with Crippen LogP contribution in [-0.2, 0) is 0 Å². The Balaban J connectivity index is 2.39. The summed E-state index contributed by atoms with van der Waals surface area (Å²) in [6.07, 6.45) is 3.60. The lowest BCUT2D eigenvalue weighted by molar-refractivity contribution is 0.141. The summed E-state index contributed by atoms with van der Waals surface area (Å²) >= 11 is 0. The molecule has 0 radical (unpaired) electrons. The topological polar surface area (TPSA) is 47.5 Å². The summed E-state index contributed by atoms with van der Waals surface area (Å²) in [5, 5.41) is 16.6. The Labute approximate surface area is 105 Å². The average Bonchev–Trinajstić information content (AvgIpc) is 2.58. The van der Waals surface area contributed by atoms with Crippen LogP contribution in [0.1, 0.15) is 26.7 Å². The Morgan fingerprint density at radius 2 is 2.18 bits per heavy atom. The quantitative estimate of drug-likeness (QED) is 0.576. The van der Waals surface area contributed by atoms with Crippen molar-refractivity contribution in [1.29, 1.82) is 0 Å². The van der Waals surface area contributed by atoms with E-state index < -0.39 is 0 Å². The fourth-order valence-electron chi connectivity index (χ4n) is 2.61. The van der Waals surface area contributed by atoms with Gasteiger partial charge in [-0.3, -0.25) is 0 Å². The SMILES string of the molecule is C=CN(CNC)CC1CC(O)C(NC(C)C)C1. The molecular weight excluding hydrogens is 214 g/mol. The van der Waals surface area contributed by atoms with Gasteiger partial charge in [0.1, 0.15) is 0 Å². The molecule has 0 aromatic rings. The molecule has 100 valence electrons. The fraction of sp³-hybridized carbons (Fsp3) is 0.846. The van der Waals surface area contributed by atoms with Gasteiger partial charge in [0.2, 0.25) is 0 Å². The summed E-state index contributed by atoms with van der Waals surface area (Å²) in [4.78, 5) is 2.16. The summed E-state index contributed by atoms with van der Waals surface area (Å²) in [6, 6.07) is 0.683. The normalized spacial score (nSPS) is 28.6. The second kappa shape index (κ2) is 6.99. The molecule has 3 N–H and O–H groups in total. The van der Waals surface area contributed by atoms with Crippen molar-refractivity contribution >= 4 is 0 Å². The molecule has 1 aliphatic carbocycles. The maximum atomic E-state index is 10.0. The van der Waals surface area contributed by atoms with Crippen LogP contribution in [0, 0.1) is 5.92 Å². The van der Waals surface area contributed by atoms with Crippen LogP contribution in [0.25, 0.3) is 0 Å². The van der Waals surface area contributed by atoms with E-state index in [9.17, 15) is 5.11 Å². The fourth-order valence-corrected chi connectivity index (χ4v) is 2.61. The van der Waals surface area contributed by atoms with Gasteiger partial charge in [-0.05, 0) is 32.0 Å². The number of nitrogens with zero attached hydrogens (tertiary/aromatic N) is 1. The summed E-state index contributed by atoms with van der Waals surface area (Å²) in [5.41, 5.74) is 0. The summed E-state index contributed by atoms with van der Waals surface area (Å²) in [7, 11) is 1.93. The third-order valence-electron chi connectivity index (χ3n) is 3.29. The predicted molar refractivity (Wildman–Crippen MR) is 71.6 cm³/mol. The van der Waals surface area contributed by atoms with Crippen LogP contribution in [0.5, 0.6) is 0 Å². The molecule has 1 saturated carbocycles. The van der Waals surface area contributed by atoms with Crippen molar-refractivity contribution < 1.29 is 5.11 Å². The molecule has 1 fully saturated rings. The van der Waals surface area contributed by atoms with Crippen LogP contribution in [0.15, 0.2) is 12.8 Å². The zero-order valence-corrected chi connectivity index (χ0v) is 11.3. The van der Waals surface area contributed by atoms with Crippen molar-refractivity contribution in [1.82, 2.24) is 15.5 Å². The molecule has 3 atom stereocenters. The number of nitrogens with one attached hydrogen (secondary N) is 2. The number of hydrogen-bond donors (Lipinski definition) is 3. The lowest BCUT2D eigenvalue weighted by Gasteiger charge is -2.23. The standard InChI is InChI=1S/C13H27N3O/c1-5-16(9-14-4)8-11-6-12(13(17)7-11)15-10(2)3/h5,10-15,17H,1,6-9H2,2-4H3. The number of aliphatic hydroxyl groups excluding tert-OH is 1. The molecular formula is C13H27N3O. The Morgan fingerprint density at radius 1 is 1.47 bits per heavy atom. The van der Waals surface area contributed by atoms with Gasteiger partial charge < -0.3 is 20.6 Å². The third kappa shape index (κ3) is 4.66. The Bertz CT molecular complexity index is 233. The molecule has 0 aliphatic heterocycles. The molecule has 0 heterocycles. The van der Waals surface area contributed by atoms with Crippen molar-refractivity contribution in [3.63, 3.8) is 0 Å². The van der Waals surface area contributed by atoms with E-state index >= 15 is 0 Å². The van der Waals surface area contributed by atoms with Gasteiger partial charge in [0.25, 0.3) is 0 Å². The van der Waals surface area contributed by atoms with Crippen molar-refractivity contribution in [2.75, 3.05) is 20.3 Å². The van der Waals surface area contributed by atoms with E-state index in [2.05, 4.69) is 36.0 Å². The highest BCUT2D eigenvalue weighted by Crippen LogP contribution is 2.27. The Hall–Kier alpha value is -0.580. The molecule has 0 amide bonds. The molecule has 0 bridgehead atoms. The van der Waals surface area contributed by atoms with E-state index in [1.807, 2.05) is 13.2 Å². The zero-order valence-electron chi connectivity index (χ0n) is 11.3. The van der Waals surface area contributed by atoms with Gasteiger partial charge in [-0.2, -0.15) is 0 Å². The molecule has 4 heteroatoms. The first-order chi connectivity index (χ1) is 8.06. The number of hydrogen-bond acceptors (Lipinski definition) is 4. The number of rotatable bonds is 7. The molecule has 0 saturated heterocycles. The monoisotopic (exact) mass is 241 g/mol. The van der Waals surface area contributed by atoms with Crippen LogP contribution >= 0.6 is 0 Å². The summed E-state index contributed by atoms with van der Waals surface area (Å²) in [5.74, 6) is 0.549. The minimum atomic E-state index is -0.205. The highest BCUT2D eigenvalue weighted by atomic mass is 16.3. The van der Waals surface area contributed by atoms with E-state index in [0.717, 1.165) is 26.1 Å². The minimum Gasteiger partial charge on any atom is -0.391 e. The van der Waals surface area contributed by atoms with Gasteiger partial charge in [0, 0.05) is 18.6 Å². The van der Waals surface area contributed by atoms with Gasteiger partial charge in [-0.25, -0.2) is 0 Å². The van der Waals surface area contributed by atoms with Gasteiger partial charge >= 0.3 is 0 Å². The maximum absolute atomic E-state index is 10.0. The van der Waals surface area contributed by atoms with Gasteiger partial charge in [0.15, 0.2) is 0 Å². The summed E-state index contributed by atoms with van der Waals surface area (Å²) < 4.78 is 0. The molecule has 0 aromatic heterocycles. The highest BCUT2D eigenvalue weighted by molar-refractivity contribution is 4.91. The number of aliphatic hydroxyl groups is 1. The first-order valence-electron chi connectivity index (χ1n) is 6.52. The molecule has 1 rings (SSSR count). The van der Waals surface area contributed by atoms with E-state index in [4.69, 9.17) is 0 Å². The van der Waals surface area contributed by atoms with Crippen LogP contribution in [-0.4, -0.2) is 48.5 Å². The van der Waals surface area contributed by atoms with Crippen LogP contribution < -0.4 is 10.6 Å². The average molecular weight is 241 g/mol. The van der Waals surface area contributed by atoms with Crippen LogP contribution in [0.4, 0.5) is 0 Å². The molecule has 4 nitrogen and oxygen atoms in total. The smallest absolute Gasteiger partial charge is 0.0696 e. The zero-order chi connectivity index (χ0) is 12.8. The van der Waals surface area contributed by atoms with Crippen molar-refractivity contribution in [3.05, 3.63) is 12.8 Å². The van der Waals surface area contributed by atoms with E-state index in [-0.39, 0.29) is 12.1 Å².